The Bertz CT molecular complexity index is 763. The zero-order chi connectivity index (χ0) is 24.3. The van der Waals surface area contributed by atoms with Crippen LogP contribution in [0.2, 0.25) is 0 Å². The van der Waals surface area contributed by atoms with Gasteiger partial charge in [-0.3, -0.25) is 4.79 Å². The maximum atomic E-state index is 14.4. The highest BCUT2D eigenvalue weighted by Crippen LogP contribution is 2.38. The lowest BCUT2D eigenvalue weighted by molar-refractivity contribution is -0.147. The van der Waals surface area contributed by atoms with Gasteiger partial charge in [-0.25, -0.2) is 0 Å². The van der Waals surface area contributed by atoms with Crippen LogP contribution in [-0.4, -0.2) is 49.0 Å². The lowest BCUT2D eigenvalue weighted by atomic mass is 9.89. The average molecular weight is 467 g/mol. The fourth-order valence-corrected chi connectivity index (χ4v) is 4.01. The van der Waals surface area contributed by atoms with Crippen LogP contribution in [0.25, 0.3) is 0 Å². The van der Waals surface area contributed by atoms with E-state index in [4.69, 9.17) is 14.2 Å². The maximum absolute atomic E-state index is 14.4. The van der Waals surface area contributed by atoms with Crippen LogP contribution in [0.5, 0.6) is 5.75 Å². The minimum atomic E-state index is -3.16. The van der Waals surface area contributed by atoms with Crippen LogP contribution in [0.1, 0.15) is 46.0 Å². The Labute approximate surface area is 195 Å². The summed E-state index contributed by atoms with van der Waals surface area (Å²) in [6.45, 7) is 2.86. The van der Waals surface area contributed by atoms with E-state index in [9.17, 15) is 18.7 Å². The number of alkyl halides is 2. The third kappa shape index (κ3) is 9.64. The highest BCUT2D eigenvalue weighted by molar-refractivity contribution is 5.69. The molecule has 2 rings (SSSR count). The molecule has 1 N–H and O–H groups in total. The van der Waals surface area contributed by atoms with Gasteiger partial charge in [0.1, 0.15) is 5.75 Å². The number of hydrogen-bond donors (Lipinski definition) is 1. The Morgan fingerprint density at radius 1 is 1.24 bits per heavy atom. The van der Waals surface area contributed by atoms with Crippen molar-refractivity contribution in [2.45, 2.75) is 70.2 Å². The predicted octanol–water partition coefficient (Wildman–Crippen LogP) is 5.34. The van der Waals surface area contributed by atoms with Crippen molar-refractivity contribution in [3.05, 3.63) is 54.6 Å². The lowest BCUT2D eigenvalue weighted by Crippen LogP contribution is -2.25. The van der Waals surface area contributed by atoms with Crippen LogP contribution in [0.15, 0.2) is 54.6 Å². The number of carbonyl (C=O) groups is 1. The molecule has 1 aliphatic rings. The van der Waals surface area contributed by atoms with E-state index in [2.05, 4.69) is 0 Å². The van der Waals surface area contributed by atoms with Crippen LogP contribution in [0.3, 0.4) is 0 Å². The second kappa shape index (κ2) is 13.5. The molecule has 0 radical (unpaired) electrons. The molecule has 0 amide bonds. The number of esters is 1. The topological polar surface area (TPSA) is 65.0 Å². The molecule has 0 aliphatic heterocycles. The average Bonchev–Trinajstić information content (AvgIpc) is 3.08. The molecule has 1 aromatic rings. The summed E-state index contributed by atoms with van der Waals surface area (Å²) >= 11 is 0. The van der Waals surface area contributed by atoms with E-state index >= 15 is 0 Å². The Morgan fingerprint density at radius 3 is 2.64 bits per heavy atom. The number of allylic oxidation sites excluding steroid dienone is 2. The monoisotopic (exact) mass is 466 g/mol. The molecule has 184 valence electrons. The van der Waals surface area contributed by atoms with Gasteiger partial charge < -0.3 is 19.3 Å². The minimum Gasteiger partial charge on any atom is -0.487 e. The van der Waals surface area contributed by atoms with Gasteiger partial charge in [0.2, 0.25) is 0 Å². The first-order chi connectivity index (χ1) is 15.7. The molecule has 7 heteroatoms. The summed E-state index contributed by atoms with van der Waals surface area (Å²) in [6, 6.07) is 8.48. The maximum Gasteiger partial charge on any atom is 0.306 e. The second-order valence-corrected chi connectivity index (χ2v) is 8.68. The van der Waals surface area contributed by atoms with Crippen LogP contribution < -0.4 is 4.74 Å². The molecule has 0 saturated heterocycles. The molecule has 0 aromatic heterocycles. The number of unbranched alkanes of at least 4 members (excludes halogenated alkanes) is 1. The molecule has 0 bridgehead atoms. The number of carbonyl (C=O) groups excluding carboxylic acids is 1. The highest BCUT2D eigenvalue weighted by atomic mass is 19.3. The summed E-state index contributed by atoms with van der Waals surface area (Å²) < 4.78 is 44.5. The van der Waals surface area contributed by atoms with Crippen molar-refractivity contribution in [1.29, 1.82) is 0 Å². The molecule has 0 heterocycles. The van der Waals surface area contributed by atoms with E-state index in [1.807, 2.05) is 26.0 Å². The van der Waals surface area contributed by atoms with Gasteiger partial charge in [-0.05, 0) is 57.2 Å². The summed E-state index contributed by atoms with van der Waals surface area (Å²) in [5.74, 6) is -3.55. The number of ether oxygens (including phenoxy) is 3. The van der Waals surface area contributed by atoms with E-state index in [-0.39, 0.29) is 24.1 Å². The first kappa shape index (κ1) is 27.0. The van der Waals surface area contributed by atoms with Crippen LogP contribution in [-0.2, 0) is 14.3 Å². The van der Waals surface area contributed by atoms with Crippen LogP contribution >= 0.6 is 0 Å². The van der Waals surface area contributed by atoms with E-state index in [0.29, 0.717) is 31.4 Å². The van der Waals surface area contributed by atoms with Crippen molar-refractivity contribution in [2.75, 3.05) is 13.7 Å². The van der Waals surface area contributed by atoms with Gasteiger partial charge in [-0.15, -0.1) is 0 Å². The van der Waals surface area contributed by atoms with E-state index < -0.39 is 24.6 Å². The number of hydrogen-bond acceptors (Lipinski definition) is 5. The molecule has 33 heavy (non-hydrogen) atoms. The molecule has 1 aliphatic carbocycles. The van der Waals surface area contributed by atoms with Crippen molar-refractivity contribution in [2.24, 2.45) is 11.8 Å². The molecule has 4 unspecified atom stereocenters. The van der Waals surface area contributed by atoms with Gasteiger partial charge in [0, 0.05) is 25.9 Å². The summed E-state index contributed by atoms with van der Waals surface area (Å²) in [6.07, 6.45) is 7.85. The van der Waals surface area contributed by atoms with E-state index in [1.54, 1.807) is 37.4 Å². The van der Waals surface area contributed by atoms with Crippen molar-refractivity contribution >= 4 is 5.97 Å². The van der Waals surface area contributed by atoms with Crippen molar-refractivity contribution in [1.82, 2.24) is 0 Å². The first-order valence-corrected chi connectivity index (χ1v) is 11.5. The molecule has 4 atom stereocenters. The van der Waals surface area contributed by atoms with Gasteiger partial charge in [-0.1, -0.05) is 36.4 Å². The zero-order valence-electron chi connectivity index (χ0n) is 19.7. The summed E-state index contributed by atoms with van der Waals surface area (Å²) in [7, 11) is 1.57. The summed E-state index contributed by atoms with van der Waals surface area (Å²) in [5, 5.41) is 10.5. The van der Waals surface area contributed by atoms with Gasteiger partial charge in [-0.2, -0.15) is 8.78 Å². The van der Waals surface area contributed by atoms with E-state index in [0.717, 1.165) is 12.5 Å². The third-order valence-electron chi connectivity index (χ3n) is 5.62. The predicted molar refractivity (Wildman–Crippen MR) is 123 cm³/mol. The largest absolute Gasteiger partial charge is 0.487 e. The van der Waals surface area contributed by atoms with Gasteiger partial charge in [0.05, 0.1) is 18.3 Å². The van der Waals surface area contributed by atoms with Crippen molar-refractivity contribution in [3.63, 3.8) is 0 Å². The number of aliphatic hydroxyl groups excluding tert-OH is 1. The number of methoxy groups -OCH3 is 1. The van der Waals surface area contributed by atoms with Crippen LogP contribution in [0.4, 0.5) is 8.78 Å². The summed E-state index contributed by atoms with van der Waals surface area (Å²) in [5.41, 5.74) is 0. The molecular weight excluding hydrogens is 430 g/mol. The molecule has 0 spiro atoms. The van der Waals surface area contributed by atoms with Gasteiger partial charge in [0.25, 0.3) is 5.92 Å². The Balaban J connectivity index is 1.88. The third-order valence-corrected chi connectivity index (χ3v) is 5.62. The molecular formula is C26H36F2O5. The SMILES string of the molecule is COC1CC(O)C(C=CC(F)(F)COc2ccccc2)C1CC=CCCCC(=O)OC(C)C. The fraction of sp³-hybridized carbons (Fsp3) is 0.577. The summed E-state index contributed by atoms with van der Waals surface area (Å²) in [4.78, 5) is 11.6. The number of halogens is 2. The minimum absolute atomic E-state index is 0.116. The van der Waals surface area contributed by atoms with Crippen LogP contribution in [0, 0.1) is 11.8 Å². The number of benzene rings is 1. The van der Waals surface area contributed by atoms with Gasteiger partial charge >= 0.3 is 5.97 Å². The van der Waals surface area contributed by atoms with Gasteiger partial charge in [0.15, 0.2) is 6.61 Å². The number of para-hydroxylation sites is 1. The Kier molecular flexibility index (Phi) is 11.0. The standard InChI is InChI=1S/C26H36F2O5/c1-19(2)33-25(30)14-10-5-4-9-13-22-21(23(29)17-24(22)31-3)15-16-26(27,28)18-32-20-11-7-6-8-12-20/h4,6-9,11-12,15-16,19,21-24,29H,5,10,13-14,17-18H2,1-3H3. The van der Waals surface area contributed by atoms with Crippen molar-refractivity contribution < 1.29 is 32.9 Å². The normalized spacial score (nSPS) is 23.6. The smallest absolute Gasteiger partial charge is 0.306 e. The molecule has 1 aromatic carbocycles. The first-order valence-electron chi connectivity index (χ1n) is 11.5. The quantitative estimate of drug-likeness (QED) is 0.242. The fourth-order valence-electron chi connectivity index (χ4n) is 4.01. The lowest BCUT2D eigenvalue weighted by Gasteiger charge is -2.22. The Hall–Kier alpha value is -2.25. The van der Waals surface area contributed by atoms with E-state index in [1.165, 1.54) is 6.08 Å². The molecule has 1 fully saturated rings. The Morgan fingerprint density at radius 2 is 1.97 bits per heavy atom. The number of rotatable bonds is 13. The zero-order valence-corrected chi connectivity index (χ0v) is 19.7. The molecule has 1 saturated carbocycles. The van der Waals surface area contributed by atoms with Crippen molar-refractivity contribution in [3.8, 4) is 5.75 Å². The second-order valence-electron chi connectivity index (χ2n) is 8.68. The molecule has 5 nitrogen and oxygen atoms in total. The number of aliphatic hydroxyl groups is 1. The highest BCUT2D eigenvalue weighted by Gasteiger charge is 2.41.